The normalized spacial score (nSPS) is 30.5. The number of nitrogens with two attached hydrogens (primary N) is 1. The van der Waals surface area contributed by atoms with E-state index in [-0.39, 0.29) is 0 Å². The fraction of sp³-hybridized carbons (Fsp3) is 1.00. The van der Waals surface area contributed by atoms with E-state index in [9.17, 15) is 0 Å². The van der Waals surface area contributed by atoms with Crippen LogP contribution in [0.3, 0.4) is 0 Å². The summed E-state index contributed by atoms with van der Waals surface area (Å²) in [6, 6.07) is 0.713. The third-order valence-electron chi connectivity index (χ3n) is 4.45. The lowest BCUT2D eigenvalue weighted by Crippen LogP contribution is -2.48. The van der Waals surface area contributed by atoms with Crippen LogP contribution in [0.1, 0.15) is 46.0 Å². The second-order valence-corrected chi connectivity index (χ2v) is 6.42. The van der Waals surface area contributed by atoms with Crippen molar-refractivity contribution in [2.24, 2.45) is 11.1 Å². The molecular weight excluding hydrogens is 212 g/mol. The van der Waals surface area contributed by atoms with Crippen molar-refractivity contribution in [1.82, 2.24) is 4.90 Å². The monoisotopic (exact) mass is 240 g/mol. The molecule has 0 aromatic carbocycles. The molecule has 0 aromatic rings. The quantitative estimate of drug-likeness (QED) is 0.799. The summed E-state index contributed by atoms with van der Waals surface area (Å²) in [7, 11) is 0. The zero-order valence-electron chi connectivity index (χ0n) is 11.5. The second-order valence-electron chi connectivity index (χ2n) is 6.42. The van der Waals surface area contributed by atoms with E-state index >= 15 is 0 Å². The fourth-order valence-electron chi connectivity index (χ4n) is 3.15. The second kappa shape index (κ2) is 5.68. The Morgan fingerprint density at radius 1 is 1.35 bits per heavy atom. The molecule has 2 aliphatic rings. The maximum absolute atomic E-state index is 5.84. The first-order chi connectivity index (χ1) is 8.12. The van der Waals surface area contributed by atoms with Crippen LogP contribution in [0.4, 0.5) is 0 Å². The van der Waals surface area contributed by atoms with Crippen molar-refractivity contribution in [3.8, 4) is 0 Å². The molecule has 2 unspecified atom stereocenters. The average Bonchev–Trinajstić information content (AvgIpc) is 2.78. The van der Waals surface area contributed by atoms with E-state index in [2.05, 4.69) is 18.7 Å². The van der Waals surface area contributed by atoms with Crippen LogP contribution >= 0.6 is 0 Å². The Bertz CT molecular complexity index is 242. The van der Waals surface area contributed by atoms with E-state index in [0.717, 1.165) is 19.7 Å². The molecule has 2 rings (SSSR count). The van der Waals surface area contributed by atoms with Crippen molar-refractivity contribution in [3.05, 3.63) is 0 Å². The Kier molecular flexibility index (Phi) is 4.45. The lowest BCUT2D eigenvalue weighted by atomic mass is 9.88. The Hall–Kier alpha value is -0.120. The van der Waals surface area contributed by atoms with Gasteiger partial charge in [-0.05, 0) is 50.6 Å². The van der Waals surface area contributed by atoms with Gasteiger partial charge in [0.1, 0.15) is 0 Å². The first-order valence-electron chi connectivity index (χ1n) is 7.18. The first-order valence-corrected chi connectivity index (χ1v) is 7.18. The maximum Gasteiger partial charge on any atom is 0.0730 e. The van der Waals surface area contributed by atoms with Crippen molar-refractivity contribution in [2.45, 2.75) is 58.1 Å². The van der Waals surface area contributed by atoms with Crippen molar-refractivity contribution in [3.63, 3.8) is 0 Å². The standard InChI is InChI=1S/C14H28N2O/c1-14(2,11-15)7-4-8-16-9-10-17-13-6-3-5-12(13)16/h12-13H,3-11,15H2,1-2H3. The van der Waals surface area contributed by atoms with Gasteiger partial charge in [-0.15, -0.1) is 0 Å². The van der Waals surface area contributed by atoms with Gasteiger partial charge < -0.3 is 10.5 Å². The van der Waals surface area contributed by atoms with Crippen molar-refractivity contribution in [1.29, 1.82) is 0 Å². The summed E-state index contributed by atoms with van der Waals surface area (Å²) in [5.74, 6) is 0. The van der Waals surface area contributed by atoms with Crippen molar-refractivity contribution in [2.75, 3.05) is 26.2 Å². The summed E-state index contributed by atoms with van der Waals surface area (Å²) in [5, 5.41) is 0. The molecule has 2 fully saturated rings. The van der Waals surface area contributed by atoms with Crippen LogP contribution in [-0.2, 0) is 4.74 Å². The van der Waals surface area contributed by atoms with Gasteiger partial charge in [-0.25, -0.2) is 0 Å². The van der Waals surface area contributed by atoms with E-state index in [1.165, 1.54) is 38.6 Å². The third kappa shape index (κ3) is 3.43. The molecule has 3 nitrogen and oxygen atoms in total. The highest BCUT2D eigenvalue weighted by Gasteiger charge is 2.35. The van der Waals surface area contributed by atoms with Crippen LogP contribution in [0.15, 0.2) is 0 Å². The van der Waals surface area contributed by atoms with Crippen LogP contribution in [0, 0.1) is 5.41 Å². The summed E-state index contributed by atoms with van der Waals surface area (Å²) in [4.78, 5) is 2.66. The molecule has 1 saturated heterocycles. The predicted molar refractivity (Wildman–Crippen MR) is 71.0 cm³/mol. The molecule has 3 heteroatoms. The van der Waals surface area contributed by atoms with Gasteiger partial charge in [-0.1, -0.05) is 13.8 Å². The molecule has 0 amide bonds. The number of rotatable bonds is 5. The minimum Gasteiger partial charge on any atom is -0.375 e. The van der Waals surface area contributed by atoms with Crippen LogP contribution in [0.5, 0.6) is 0 Å². The van der Waals surface area contributed by atoms with Crippen molar-refractivity contribution >= 4 is 0 Å². The van der Waals surface area contributed by atoms with Gasteiger partial charge in [0.2, 0.25) is 0 Å². The fourth-order valence-corrected chi connectivity index (χ4v) is 3.15. The van der Waals surface area contributed by atoms with Crippen molar-refractivity contribution < 1.29 is 4.74 Å². The van der Waals surface area contributed by atoms with Crippen LogP contribution in [-0.4, -0.2) is 43.3 Å². The van der Waals surface area contributed by atoms with Crippen LogP contribution in [0.2, 0.25) is 0 Å². The summed E-state index contributed by atoms with van der Waals surface area (Å²) >= 11 is 0. The lowest BCUT2D eigenvalue weighted by Gasteiger charge is -2.38. The van der Waals surface area contributed by atoms with Gasteiger partial charge in [0, 0.05) is 12.6 Å². The largest absolute Gasteiger partial charge is 0.375 e. The highest BCUT2D eigenvalue weighted by molar-refractivity contribution is 4.89. The highest BCUT2D eigenvalue weighted by Crippen LogP contribution is 2.30. The molecule has 1 aliphatic carbocycles. The van der Waals surface area contributed by atoms with E-state index in [0.29, 0.717) is 17.6 Å². The molecule has 0 spiro atoms. The molecule has 1 heterocycles. The minimum atomic E-state index is 0.307. The molecule has 2 atom stereocenters. The molecule has 2 N–H and O–H groups in total. The Labute approximate surface area is 106 Å². The van der Waals surface area contributed by atoms with Crippen LogP contribution in [0.25, 0.3) is 0 Å². The minimum absolute atomic E-state index is 0.307. The zero-order chi connectivity index (χ0) is 12.3. The van der Waals surface area contributed by atoms with Gasteiger partial charge in [0.15, 0.2) is 0 Å². The van der Waals surface area contributed by atoms with Gasteiger partial charge >= 0.3 is 0 Å². The Balaban J connectivity index is 1.75. The molecular formula is C14H28N2O. The summed E-state index contributed by atoms with van der Waals surface area (Å²) < 4.78 is 5.84. The number of nitrogens with zero attached hydrogens (tertiary/aromatic N) is 1. The Morgan fingerprint density at radius 2 is 2.18 bits per heavy atom. The molecule has 0 radical (unpaired) electrons. The number of fused-ring (bicyclic) bond motifs is 1. The third-order valence-corrected chi connectivity index (χ3v) is 4.45. The van der Waals surface area contributed by atoms with E-state index in [1.54, 1.807) is 0 Å². The summed E-state index contributed by atoms with van der Waals surface area (Å²) in [5.41, 5.74) is 6.08. The molecule has 17 heavy (non-hydrogen) atoms. The zero-order valence-corrected chi connectivity index (χ0v) is 11.5. The lowest BCUT2D eigenvalue weighted by molar-refractivity contribution is -0.0563. The number of morpholine rings is 1. The first kappa shape index (κ1) is 13.3. The van der Waals surface area contributed by atoms with Gasteiger partial charge in [0.25, 0.3) is 0 Å². The Morgan fingerprint density at radius 3 is 2.94 bits per heavy atom. The molecule has 1 saturated carbocycles. The highest BCUT2D eigenvalue weighted by atomic mass is 16.5. The number of hydrogen-bond acceptors (Lipinski definition) is 3. The van der Waals surface area contributed by atoms with Gasteiger partial charge in [-0.2, -0.15) is 0 Å². The topological polar surface area (TPSA) is 38.5 Å². The smallest absolute Gasteiger partial charge is 0.0730 e. The SMILES string of the molecule is CC(C)(CN)CCCN1CCOC2CCCC21. The molecule has 0 bridgehead atoms. The summed E-state index contributed by atoms with van der Waals surface area (Å²) in [6.45, 7) is 8.62. The predicted octanol–water partition coefficient (Wildman–Crippen LogP) is 2.00. The molecule has 0 aromatic heterocycles. The molecule has 100 valence electrons. The van der Waals surface area contributed by atoms with E-state index in [4.69, 9.17) is 10.5 Å². The molecule has 1 aliphatic heterocycles. The van der Waals surface area contributed by atoms with Gasteiger partial charge in [0.05, 0.1) is 12.7 Å². The number of ether oxygens (including phenoxy) is 1. The average molecular weight is 240 g/mol. The summed E-state index contributed by atoms with van der Waals surface area (Å²) in [6.07, 6.45) is 7.00. The maximum atomic E-state index is 5.84. The van der Waals surface area contributed by atoms with Gasteiger partial charge in [-0.3, -0.25) is 4.90 Å². The van der Waals surface area contributed by atoms with E-state index in [1.807, 2.05) is 0 Å². The number of hydrogen-bond donors (Lipinski definition) is 1. The van der Waals surface area contributed by atoms with Crippen LogP contribution < -0.4 is 5.73 Å². The van der Waals surface area contributed by atoms with E-state index < -0.39 is 0 Å².